The predicted octanol–water partition coefficient (Wildman–Crippen LogP) is 0.830. The van der Waals surface area contributed by atoms with E-state index in [2.05, 4.69) is 5.32 Å². The second kappa shape index (κ2) is 8.60. The highest BCUT2D eigenvalue weighted by atomic mass is 35.5. The maximum atomic E-state index is 11.8. The van der Waals surface area contributed by atoms with Gasteiger partial charge in [0, 0.05) is 18.2 Å². The highest BCUT2D eigenvalue weighted by Crippen LogP contribution is 2.32. The third-order valence-corrected chi connectivity index (χ3v) is 3.51. The van der Waals surface area contributed by atoms with Crippen molar-refractivity contribution in [3.63, 3.8) is 0 Å². The fourth-order valence-electron chi connectivity index (χ4n) is 2.15. The Labute approximate surface area is 136 Å². The van der Waals surface area contributed by atoms with Gasteiger partial charge in [0.15, 0.2) is 0 Å². The van der Waals surface area contributed by atoms with Crippen molar-refractivity contribution in [1.29, 1.82) is 0 Å². The topological polar surface area (TPSA) is 107 Å². The molecule has 1 aromatic rings. The van der Waals surface area contributed by atoms with Gasteiger partial charge in [-0.1, -0.05) is 6.07 Å². The molecule has 1 aromatic carbocycles. The molecular formula is C15H22ClN3O3. The van der Waals surface area contributed by atoms with Gasteiger partial charge in [-0.05, 0) is 37.0 Å². The van der Waals surface area contributed by atoms with Gasteiger partial charge in [-0.2, -0.15) is 0 Å². The van der Waals surface area contributed by atoms with Gasteiger partial charge in [-0.15, -0.1) is 12.4 Å². The number of carbonyl (C=O) groups is 2. The zero-order valence-electron chi connectivity index (χ0n) is 12.3. The monoisotopic (exact) mass is 327 g/mol. The molecule has 5 N–H and O–H groups in total. The minimum absolute atomic E-state index is 0. The molecule has 1 unspecified atom stereocenters. The molecule has 0 heterocycles. The molecule has 2 amide bonds. The van der Waals surface area contributed by atoms with E-state index in [1.807, 2.05) is 0 Å². The number of rotatable bonds is 8. The second-order valence-corrected chi connectivity index (χ2v) is 5.24. The Balaban J connectivity index is 0.00000242. The summed E-state index contributed by atoms with van der Waals surface area (Å²) in [5, 5.41) is 2.93. The molecule has 0 saturated heterocycles. The lowest BCUT2D eigenvalue weighted by Crippen LogP contribution is -2.42. The van der Waals surface area contributed by atoms with E-state index in [0.717, 1.165) is 12.8 Å². The van der Waals surface area contributed by atoms with Crippen LogP contribution >= 0.6 is 12.4 Å². The summed E-state index contributed by atoms with van der Waals surface area (Å²) in [7, 11) is 0. The van der Waals surface area contributed by atoms with E-state index in [1.54, 1.807) is 24.3 Å². The number of nitrogens with two attached hydrogens (primary N) is 2. The largest absolute Gasteiger partial charge is 0.493 e. The van der Waals surface area contributed by atoms with Gasteiger partial charge in [0.05, 0.1) is 13.0 Å². The summed E-state index contributed by atoms with van der Waals surface area (Å²) in [6.45, 7) is 0.716. The Morgan fingerprint density at radius 1 is 1.36 bits per heavy atom. The molecule has 22 heavy (non-hydrogen) atoms. The molecule has 1 aliphatic carbocycles. The van der Waals surface area contributed by atoms with E-state index < -0.39 is 5.91 Å². The van der Waals surface area contributed by atoms with E-state index >= 15 is 0 Å². The number of halogens is 1. The lowest BCUT2D eigenvalue weighted by Gasteiger charge is -2.16. The lowest BCUT2D eigenvalue weighted by molar-refractivity contribution is -0.122. The Morgan fingerprint density at radius 3 is 2.68 bits per heavy atom. The lowest BCUT2D eigenvalue weighted by atomic mass is 10.2. The van der Waals surface area contributed by atoms with Crippen molar-refractivity contribution < 1.29 is 14.3 Å². The molecule has 0 bridgehead atoms. The summed E-state index contributed by atoms with van der Waals surface area (Å²) in [5.41, 5.74) is 11.2. The van der Waals surface area contributed by atoms with E-state index in [1.165, 1.54) is 0 Å². The number of primary amides is 1. The number of amides is 2. The molecule has 7 heteroatoms. The van der Waals surface area contributed by atoms with Gasteiger partial charge in [0.25, 0.3) is 0 Å². The third kappa shape index (κ3) is 5.54. The third-order valence-electron chi connectivity index (χ3n) is 3.51. The average molecular weight is 328 g/mol. The normalized spacial score (nSPS) is 14.6. The quantitative estimate of drug-likeness (QED) is 0.657. The SMILES string of the molecule is Cl.NCC(NC(=O)CCOc1cccc(C(N)=O)c1)C1CC1. The zero-order valence-corrected chi connectivity index (χ0v) is 13.1. The molecule has 0 aromatic heterocycles. The summed E-state index contributed by atoms with van der Waals surface area (Å²) >= 11 is 0. The number of benzene rings is 1. The van der Waals surface area contributed by atoms with Crippen LogP contribution in [0.5, 0.6) is 5.75 Å². The van der Waals surface area contributed by atoms with Crippen LogP contribution < -0.4 is 21.5 Å². The summed E-state index contributed by atoms with van der Waals surface area (Å²) in [6.07, 6.45) is 2.53. The smallest absolute Gasteiger partial charge is 0.248 e. The zero-order chi connectivity index (χ0) is 15.2. The van der Waals surface area contributed by atoms with Crippen LogP contribution in [0, 0.1) is 5.92 Å². The van der Waals surface area contributed by atoms with Gasteiger partial charge in [0.1, 0.15) is 5.75 Å². The van der Waals surface area contributed by atoms with E-state index in [9.17, 15) is 9.59 Å². The van der Waals surface area contributed by atoms with Crippen molar-refractivity contribution in [2.45, 2.75) is 25.3 Å². The van der Waals surface area contributed by atoms with Crippen LogP contribution in [0.1, 0.15) is 29.6 Å². The molecule has 122 valence electrons. The van der Waals surface area contributed by atoms with Crippen molar-refractivity contribution in [3.8, 4) is 5.75 Å². The van der Waals surface area contributed by atoms with Crippen molar-refractivity contribution >= 4 is 24.2 Å². The maximum absolute atomic E-state index is 11.8. The molecule has 0 spiro atoms. The summed E-state index contributed by atoms with van der Waals surface area (Å²) in [4.78, 5) is 22.8. The number of hydrogen-bond donors (Lipinski definition) is 3. The van der Waals surface area contributed by atoms with E-state index in [0.29, 0.717) is 23.8 Å². The number of nitrogens with one attached hydrogen (secondary N) is 1. The fraction of sp³-hybridized carbons (Fsp3) is 0.467. The standard InChI is InChI=1S/C15H21N3O3.ClH/c16-9-13(10-4-5-10)18-14(19)6-7-21-12-3-1-2-11(8-12)15(17)20;/h1-3,8,10,13H,4-7,9,16H2,(H2,17,20)(H,18,19);1H. The van der Waals surface area contributed by atoms with Gasteiger partial charge < -0.3 is 21.5 Å². The molecule has 1 fully saturated rings. The van der Waals surface area contributed by atoms with E-state index in [4.69, 9.17) is 16.2 Å². The Hall–Kier alpha value is -1.79. The van der Waals surface area contributed by atoms with Crippen LogP contribution in [-0.4, -0.2) is 31.0 Å². The van der Waals surface area contributed by atoms with Crippen molar-refractivity contribution in [3.05, 3.63) is 29.8 Å². The molecule has 1 saturated carbocycles. The average Bonchev–Trinajstić information content (AvgIpc) is 3.29. The Morgan fingerprint density at radius 2 is 2.09 bits per heavy atom. The second-order valence-electron chi connectivity index (χ2n) is 5.24. The molecule has 1 aliphatic rings. The summed E-state index contributed by atoms with van der Waals surface area (Å²) in [5.74, 6) is 0.487. The van der Waals surface area contributed by atoms with Crippen LogP contribution in [0.2, 0.25) is 0 Å². The predicted molar refractivity (Wildman–Crippen MR) is 86.0 cm³/mol. The van der Waals surface area contributed by atoms with Crippen LogP contribution in [0.15, 0.2) is 24.3 Å². The molecule has 0 aliphatic heterocycles. The van der Waals surface area contributed by atoms with Gasteiger partial charge in [-0.25, -0.2) is 0 Å². The minimum Gasteiger partial charge on any atom is -0.493 e. The van der Waals surface area contributed by atoms with Crippen molar-refractivity contribution in [2.75, 3.05) is 13.2 Å². The fourth-order valence-corrected chi connectivity index (χ4v) is 2.15. The highest BCUT2D eigenvalue weighted by molar-refractivity contribution is 5.93. The van der Waals surface area contributed by atoms with Crippen molar-refractivity contribution in [1.82, 2.24) is 5.32 Å². The number of ether oxygens (including phenoxy) is 1. The summed E-state index contributed by atoms with van der Waals surface area (Å²) in [6, 6.07) is 6.66. The summed E-state index contributed by atoms with van der Waals surface area (Å²) < 4.78 is 5.46. The molecular weight excluding hydrogens is 306 g/mol. The highest BCUT2D eigenvalue weighted by Gasteiger charge is 2.31. The van der Waals surface area contributed by atoms with Crippen molar-refractivity contribution in [2.24, 2.45) is 17.4 Å². The molecule has 0 radical (unpaired) electrons. The van der Waals surface area contributed by atoms with Gasteiger partial charge in [-0.3, -0.25) is 9.59 Å². The van der Waals surface area contributed by atoms with Gasteiger partial charge >= 0.3 is 0 Å². The Bertz CT molecular complexity index is 521. The first-order chi connectivity index (χ1) is 10.1. The number of carbonyl (C=O) groups excluding carboxylic acids is 2. The van der Waals surface area contributed by atoms with Crippen LogP contribution in [0.3, 0.4) is 0 Å². The molecule has 1 atom stereocenters. The Kier molecular flexibility index (Phi) is 7.14. The maximum Gasteiger partial charge on any atom is 0.248 e. The van der Waals surface area contributed by atoms with Crippen LogP contribution in [-0.2, 0) is 4.79 Å². The molecule has 2 rings (SSSR count). The van der Waals surface area contributed by atoms with Crippen LogP contribution in [0.25, 0.3) is 0 Å². The molecule has 6 nitrogen and oxygen atoms in total. The van der Waals surface area contributed by atoms with Gasteiger partial charge in [0.2, 0.25) is 11.8 Å². The first-order valence-electron chi connectivity index (χ1n) is 7.12. The minimum atomic E-state index is -0.506. The first-order valence-corrected chi connectivity index (χ1v) is 7.12. The first kappa shape index (κ1) is 18.3. The van der Waals surface area contributed by atoms with Crippen LogP contribution in [0.4, 0.5) is 0 Å². The number of hydrogen-bond acceptors (Lipinski definition) is 4. The van der Waals surface area contributed by atoms with E-state index in [-0.39, 0.29) is 37.4 Å².